The number of carbonyl (C=O) groups is 1. The average Bonchev–Trinajstić information content (AvgIpc) is 2.49. The first-order valence-corrected chi connectivity index (χ1v) is 4.53. The van der Waals surface area contributed by atoms with E-state index in [-0.39, 0.29) is 5.54 Å². The van der Waals surface area contributed by atoms with E-state index >= 15 is 0 Å². The molecule has 68 valence electrons. The Bertz CT molecular complexity index is 320. The molecule has 1 aromatic rings. The molecule has 1 atom stereocenters. The molecule has 1 aliphatic rings. The van der Waals surface area contributed by atoms with Crippen LogP contribution in [0.5, 0.6) is 0 Å². The highest BCUT2D eigenvalue weighted by Crippen LogP contribution is 2.27. The lowest BCUT2D eigenvalue weighted by molar-refractivity contribution is -0.116. The summed E-state index contributed by atoms with van der Waals surface area (Å²) in [6, 6.07) is 10.1. The second-order valence-electron chi connectivity index (χ2n) is 3.77. The number of nitrogens with one attached hydrogen (secondary N) is 1. The molecule has 13 heavy (non-hydrogen) atoms. The maximum Gasteiger partial charge on any atom is 0.148 e. The van der Waals surface area contributed by atoms with Gasteiger partial charge in [0.2, 0.25) is 0 Å². The Balaban J connectivity index is 2.31. The maximum atomic E-state index is 11.2. The SMILES string of the molecule is CC1(c2ccccc2)CC(=O)CN1. The molecule has 1 saturated heterocycles. The van der Waals surface area contributed by atoms with E-state index in [4.69, 9.17) is 0 Å². The highest BCUT2D eigenvalue weighted by molar-refractivity contribution is 5.84. The molecule has 2 heteroatoms. The molecule has 0 bridgehead atoms. The third-order valence-corrected chi connectivity index (χ3v) is 2.64. The van der Waals surface area contributed by atoms with Crippen molar-refractivity contribution in [1.82, 2.24) is 5.32 Å². The molecule has 1 unspecified atom stereocenters. The van der Waals surface area contributed by atoms with Gasteiger partial charge in [-0.25, -0.2) is 0 Å². The minimum absolute atomic E-state index is 0.141. The third-order valence-electron chi connectivity index (χ3n) is 2.64. The molecule has 0 saturated carbocycles. The highest BCUT2D eigenvalue weighted by atomic mass is 16.1. The summed E-state index contributed by atoms with van der Waals surface area (Å²) in [5, 5.41) is 3.25. The zero-order valence-electron chi connectivity index (χ0n) is 7.71. The van der Waals surface area contributed by atoms with E-state index in [0.29, 0.717) is 18.7 Å². The van der Waals surface area contributed by atoms with Gasteiger partial charge in [0, 0.05) is 12.0 Å². The van der Waals surface area contributed by atoms with Crippen LogP contribution >= 0.6 is 0 Å². The maximum absolute atomic E-state index is 11.2. The van der Waals surface area contributed by atoms with Gasteiger partial charge in [-0.3, -0.25) is 4.79 Å². The first kappa shape index (κ1) is 8.45. The van der Waals surface area contributed by atoms with E-state index in [0.717, 1.165) is 0 Å². The van der Waals surface area contributed by atoms with Crippen LogP contribution in [0, 0.1) is 0 Å². The molecule has 2 nitrogen and oxygen atoms in total. The van der Waals surface area contributed by atoms with Gasteiger partial charge in [0.25, 0.3) is 0 Å². The first-order chi connectivity index (χ1) is 6.21. The lowest BCUT2D eigenvalue weighted by Gasteiger charge is -2.23. The Labute approximate surface area is 78.0 Å². The second kappa shape index (κ2) is 2.96. The third kappa shape index (κ3) is 1.49. The van der Waals surface area contributed by atoms with Crippen molar-refractivity contribution < 1.29 is 4.79 Å². The average molecular weight is 175 g/mol. The number of carbonyl (C=O) groups excluding carboxylic acids is 1. The molecule has 1 N–H and O–H groups in total. The van der Waals surface area contributed by atoms with Crippen LogP contribution in [0.2, 0.25) is 0 Å². The molecule has 0 aromatic heterocycles. The molecular weight excluding hydrogens is 162 g/mol. The quantitative estimate of drug-likeness (QED) is 0.700. The summed E-state index contributed by atoms with van der Waals surface area (Å²) in [6.07, 6.45) is 0.608. The van der Waals surface area contributed by atoms with Crippen LogP contribution in [-0.2, 0) is 10.3 Å². The number of Topliss-reactive ketones (excluding diaryl/α,β-unsaturated/α-hetero) is 1. The van der Waals surface area contributed by atoms with Gasteiger partial charge in [0.1, 0.15) is 5.78 Å². The van der Waals surface area contributed by atoms with Gasteiger partial charge in [-0.05, 0) is 12.5 Å². The summed E-state index contributed by atoms with van der Waals surface area (Å²) in [5.74, 6) is 0.298. The number of hydrogen-bond donors (Lipinski definition) is 1. The number of rotatable bonds is 1. The second-order valence-corrected chi connectivity index (χ2v) is 3.77. The van der Waals surface area contributed by atoms with Gasteiger partial charge in [-0.15, -0.1) is 0 Å². The van der Waals surface area contributed by atoms with E-state index < -0.39 is 0 Å². The van der Waals surface area contributed by atoms with Crippen LogP contribution in [-0.4, -0.2) is 12.3 Å². The fourth-order valence-electron chi connectivity index (χ4n) is 1.82. The van der Waals surface area contributed by atoms with Gasteiger partial charge in [-0.2, -0.15) is 0 Å². The van der Waals surface area contributed by atoms with Crippen molar-refractivity contribution in [3.63, 3.8) is 0 Å². The molecule has 1 heterocycles. The van der Waals surface area contributed by atoms with Gasteiger partial charge >= 0.3 is 0 Å². The normalized spacial score (nSPS) is 27.9. The van der Waals surface area contributed by atoms with E-state index in [1.165, 1.54) is 5.56 Å². The van der Waals surface area contributed by atoms with Crippen LogP contribution in [0.15, 0.2) is 30.3 Å². The highest BCUT2D eigenvalue weighted by Gasteiger charge is 2.34. The number of benzene rings is 1. The molecule has 1 aliphatic heterocycles. The van der Waals surface area contributed by atoms with E-state index in [9.17, 15) is 4.79 Å². The van der Waals surface area contributed by atoms with Gasteiger partial charge in [-0.1, -0.05) is 30.3 Å². The molecule has 2 rings (SSSR count). The van der Waals surface area contributed by atoms with Gasteiger partial charge in [0.15, 0.2) is 0 Å². The Morgan fingerprint density at radius 1 is 1.31 bits per heavy atom. The van der Waals surface area contributed by atoms with Crippen molar-refractivity contribution in [3.05, 3.63) is 35.9 Å². The lowest BCUT2D eigenvalue weighted by atomic mass is 9.90. The topological polar surface area (TPSA) is 29.1 Å². The first-order valence-electron chi connectivity index (χ1n) is 4.53. The Hall–Kier alpha value is -1.15. The number of ketones is 1. The minimum atomic E-state index is -0.141. The molecule has 0 radical (unpaired) electrons. The summed E-state index contributed by atoms with van der Waals surface area (Å²) >= 11 is 0. The molecular formula is C11H13NO. The van der Waals surface area contributed by atoms with Crippen molar-refractivity contribution in [2.45, 2.75) is 18.9 Å². The van der Waals surface area contributed by atoms with Crippen molar-refractivity contribution in [1.29, 1.82) is 0 Å². The lowest BCUT2D eigenvalue weighted by Crippen LogP contribution is -2.32. The molecule has 0 aliphatic carbocycles. The Kier molecular flexibility index (Phi) is 1.93. The summed E-state index contributed by atoms with van der Waals surface area (Å²) in [5.41, 5.74) is 1.05. The summed E-state index contributed by atoms with van der Waals surface area (Å²) in [6.45, 7) is 2.58. The largest absolute Gasteiger partial charge is 0.300 e. The van der Waals surface area contributed by atoms with Crippen LogP contribution in [0.25, 0.3) is 0 Å². The van der Waals surface area contributed by atoms with E-state index in [1.807, 2.05) is 18.2 Å². The van der Waals surface area contributed by atoms with Gasteiger partial charge in [0.05, 0.1) is 6.54 Å². The predicted molar refractivity (Wildman–Crippen MR) is 51.4 cm³/mol. The van der Waals surface area contributed by atoms with Crippen LogP contribution in [0.3, 0.4) is 0 Å². The molecule has 0 amide bonds. The zero-order chi connectivity index (χ0) is 9.31. The zero-order valence-corrected chi connectivity index (χ0v) is 7.71. The van der Waals surface area contributed by atoms with Crippen LogP contribution < -0.4 is 5.32 Å². The fraction of sp³-hybridized carbons (Fsp3) is 0.364. The molecule has 1 fully saturated rings. The minimum Gasteiger partial charge on any atom is -0.300 e. The van der Waals surface area contributed by atoms with E-state index in [1.54, 1.807) is 0 Å². The van der Waals surface area contributed by atoms with Crippen LogP contribution in [0.4, 0.5) is 0 Å². The van der Waals surface area contributed by atoms with E-state index in [2.05, 4.69) is 24.4 Å². The molecule has 1 aromatic carbocycles. The van der Waals surface area contributed by atoms with Crippen molar-refractivity contribution in [2.24, 2.45) is 0 Å². The predicted octanol–water partition coefficient (Wildman–Crippen LogP) is 1.46. The summed E-state index contributed by atoms with van der Waals surface area (Å²) < 4.78 is 0. The summed E-state index contributed by atoms with van der Waals surface area (Å²) in [7, 11) is 0. The van der Waals surface area contributed by atoms with Gasteiger partial charge < -0.3 is 5.32 Å². The fourth-order valence-corrected chi connectivity index (χ4v) is 1.82. The Morgan fingerprint density at radius 2 is 2.00 bits per heavy atom. The van der Waals surface area contributed by atoms with Crippen LogP contribution in [0.1, 0.15) is 18.9 Å². The monoisotopic (exact) mass is 175 g/mol. The van der Waals surface area contributed by atoms with Crippen molar-refractivity contribution >= 4 is 5.78 Å². The summed E-state index contributed by atoms with van der Waals surface area (Å²) in [4.78, 5) is 11.2. The van der Waals surface area contributed by atoms with Crippen molar-refractivity contribution in [3.8, 4) is 0 Å². The Morgan fingerprint density at radius 3 is 2.54 bits per heavy atom. The molecule has 0 spiro atoms. The smallest absolute Gasteiger partial charge is 0.148 e. The number of hydrogen-bond acceptors (Lipinski definition) is 2. The standard InChI is InChI=1S/C11H13NO/c1-11(7-10(13)8-12-11)9-5-3-2-4-6-9/h2-6,12H,7-8H2,1H3. The van der Waals surface area contributed by atoms with Crippen molar-refractivity contribution in [2.75, 3.05) is 6.54 Å².